The third kappa shape index (κ3) is 82.5. The fourth-order valence-corrected chi connectivity index (χ4v) is 7.21. The smallest absolute Gasteiger partial charge is 0.220 e. The minimum absolute atomic E-state index is 0.109. The third-order valence-electron chi connectivity index (χ3n) is 11.9. The van der Waals surface area contributed by atoms with Crippen LogP contribution in [0.15, 0.2) is 0 Å². The second-order valence-corrected chi connectivity index (χ2v) is 19.4. The molecule has 1 amide bonds. The van der Waals surface area contributed by atoms with Crippen LogP contribution in [-0.2, 0) is 114 Å². The molecule has 0 spiro atoms. The summed E-state index contributed by atoms with van der Waals surface area (Å²) < 4.78 is 127. The van der Waals surface area contributed by atoms with Crippen LogP contribution in [0.25, 0.3) is 0 Å². The number of hydrogen-bond donors (Lipinski definition) is 1. The van der Waals surface area contributed by atoms with Gasteiger partial charge in [-0.05, 0) is 12.8 Å². The summed E-state index contributed by atoms with van der Waals surface area (Å²) in [7, 11) is 0. The Hall–Kier alpha value is -1.45. The summed E-state index contributed by atoms with van der Waals surface area (Å²) in [5.74, 6) is 0.109. The maximum absolute atomic E-state index is 12.0. The van der Waals surface area contributed by atoms with Gasteiger partial charge >= 0.3 is 0 Å². The van der Waals surface area contributed by atoms with E-state index in [1.54, 1.807) is 0 Å². The molecule has 0 aliphatic rings. The molecular formula is C62H125NO24. The second kappa shape index (κ2) is 82.6. The van der Waals surface area contributed by atoms with Gasteiger partial charge in [0.2, 0.25) is 5.91 Å². The van der Waals surface area contributed by atoms with Gasteiger partial charge in [0.25, 0.3) is 0 Å². The quantitative estimate of drug-likeness (QED) is 0.0769. The standard InChI is InChI=1S/C62H125NO24/c1-3-5-6-7-8-9-10-11-12-13-14-62(64)63-15-17-66-19-21-68-23-25-70-27-29-72-31-33-74-35-37-76-39-41-78-43-45-80-47-49-82-51-53-84-55-57-86-59-61-87-60-58-85-56-54-83-52-50-81-48-46-79-44-42-77-40-38-75-36-34-73-32-30-71-28-26-69-24-22-67-20-18-65-16-4-2/h3-61H2,1-2H3,(H,63,64). The van der Waals surface area contributed by atoms with Gasteiger partial charge in [-0.2, -0.15) is 0 Å². The largest absolute Gasteiger partial charge is 0.379 e. The third-order valence-corrected chi connectivity index (χ3v) is 11.9. The minimum Gasteiger partial charge on any atom is -0.379 e. The van der Waals surface area contributed by atoms with Crippen molar-refractivity contribution in [3.63, 3.8) is 0 Å². The zero-order valence-corrected chi connectivity index (χ0v) is 54.5. The van der Waals surface area contributed by atoms with Crippen molar-refractivity contribution in [2.45, 2.75) is 90.9 Å². The summed E-state index contributed by atoms with van der Waals surface area (Å²) in [6.07, 6.45) is 14.3. The van der Waals surface area contributed by atoms with Crippen molar-refractivity contribution >= 4 is 5.91 Å². The van der Waals surface area contributed by atoms with Crippen molar-refractivity contribution in [2.24, 2.45) is 0 Å². The number of ether oxygens (including phenoxy) is 23. The summed E-state index contributed by atoms with van der Waals surface area (Å²) in [6.45, 7) is 28.1. The van der Waals surface area contributed by atoms with Gasteiger partial charge in [-0.15, -0.1) is 0 Å². The molecule has 0 saturated carbocycles. The molecule has 87 heavy (non-hydrogen) atoms. The van der Waals surface area contributed by atoms with Gasteiger partial charge in [0.1, 0.15) is 0 Å². The molecule has 0 aromatic heterocycles. The van der Waals surface area contributed by atoms with Crippen LogP contribution >= 0.6 is 0 Å². The van der Waals surface area contributed by atoms with Crippen LogP contribution in [0, 0.1) is 0 Å². The molecule has 0 bridgehead atoms. The van der Waals surface area contributed by atoms with Gasteiger partial charge in [0, 0.05) is 19.6 Å². The Kier molecular flexibility index (Phi) is 81.2. The van der Waals surface area contributed by atoms with Crippen molar-refractivity contribution in [3.05, 3.63) is 0 Å². The molecule has 0 atom stereocenters. The Morgan fingerprint density at radius 1 is 0.184 bits per heavy atom. The van der Waals surface area contributed by atoms with E-state index in [-0.39, 0.29) is 5.91 Å². The number of carbonyl (C=O) groups is 1. The minimum atomic E-state index is 0.109. The van der Waals surface area contributed by atoms with Crippen LogP contribution in [-0.4, -0.2) is 316 Å². The topological polar surface area (TPSA) is 241 Å². The van der Waals surface area contributed by atoms with E-state index in [0.717, 1.165) is 25.9 Å². The van der Waals surface area contributed by atoms with Crippen LogP contribution in [0.2, 0.25) is 0 Å². The highest BCUT2D eigenvalue weighted by Gasteiger charge is 2.03. The molecule has 0 aromatic carbocycles. The summed E-state index contributed by atoms with van der Waals surface area (Å²) in [4.78, 5) is 12.0. The van der Waals surface area contributed by atoms with Crippen LogP contribution in [0.4, 0.5) is 0 Å². The Morgan fingerprint density at radius 2 is 0.333 bits per heavy atom. The first-order valence-electron chi connectivity index (χ1n) is 32.9. The maximum Gasteiger partial charge on any atom is 0.220 e. The first-order valence-corrected chi connectivity index (χ1v) is 32.9. The zero-order valence-electron chi connectivity index (χ0n) is 54.5. The highest BCUT2D eigenvalue weighted by Crippen LogP contribution is 2.11. The SMILES string of the molecule is CCCCCCCCCCCCC(=O)NCCOCCOCCOCCOCCOCCOCCOCCOCCOCCOCCOCCOCCOCCOCCOCCOCCOCCOCCOCCOCCOCCOCCOCCC. The van der Waals surface area contributed by atoms with Crippen molar-refractivity contribution in [1.29, 1.82) is 0 Å². The van der Waals surface area contributed by atoms with Gasteiger partial charge < -0.3 is 114 Å². The lowest BCUT2D eigenvalue weighted by Gasteiger charge is -2.09. The number of rotatable bonds is 82. The highest BCUT2D eigenvalue weighted by molar-refractivity contribution is 5.75. The molecule has 0 unspecified atom stereocenters. The number of hydrogen-bond acceptors (Lipinski definition) is 24. The van der Waals surface area contributed by atoms with Crippen molar-refractivity contribution in [1.82, 2.24) is 5.32 Å². The van der Waals surface area contributed by atoms with Gasteiger partial charge in [-0.25, -0.2) is 0 Å². The molecule has 25 heteroatoms. The number of unbranched alkanes of at least 4 members (excludes halogenated alkanes) is 9. The normalized spacial score (nSPS) is 11.7. The lowest BCUT2D eigenvalue weighted by Crippen LogP contribution is -2.27. The predicted octanol–water partition coefficient (Wildman–Crippen LogP) is 5.21. The Bertz CT molecular complexity index is 1230. The van der Waals surface area contributed by atoms with E-state index in [1.807, 2.05) is 0 Å². The van der Waals surface area contributed by atoms with Crippen molar-refractivity contribution in [3.8, 4) is 0 Å². The molecular weight excluding hydrogens is 1140 g/mol. The van der Waals surface area contributed by atoms with Crippen molar-refractivity contribution < 1.29 is 114 Å². The van der Waals surface area contributed by atoms with Crippen LogP contribution < -0.4 is 5.32 Å². The summed E-state index contributed by atoms with van der Waals surface area (Å²) in [6, 6.07) is 0. The van der Waals surface area contributed by atoms with Gasteiger partial charge in [-0.3, -0.25) is 4.79 Å². The molecule has 0 aliphatic carbocycles. The predicted molar refractivity (Wildman–Crippen MR) is 329 cm³/mol. The number of amides is 1. The fraction of sp³-hybridized carbons (Fsp3) is 0.984. The molecule has 1 N–H and O–H groups in total. The highest BCUT2D eigenvalue weighted by atomic mass is 16.6. The van der Waals surface area contributed by atoms with E-state index in [1.165, 1.54) is 51.4 Å². The van der Waals surface area contributed by atoms with Gasteiger partial charge in [-0.1, -0.05) is 71.6 Å². The number of carbonyl (C=O) groups excluding carboxylic acids is 1. The van der Waals surface area contributed by atoms with Crippen LogP contribution in [0.3, 0.4) is 0 Å². The molecule has 0 heterocycles. The van der Waals surface area contributed by atoms with E-state index in [9.17, 15) is 4.79 Å². The van der Waals surface area contributed by atoms with E-state index in [4.69, 9.17) is 109 Å². The average molecular weight is 1270 g/mol. The molecule has 0 aliphatic heterocycles. The van der Waals surface area contributed by atoms with Crippen molar-refractivity contribution in [2.75, 3.05) is 310 Å². The lowest BCUT2D eigenvalue weighted by atomic mass is 10.1. The average Bonchev–Trinajstić information content (AvgIpc) is 3.53. The first kappa shape index (κ1) is 85.5. The van der Waals surface area contributed by atoms with E-state index < -0.39 is 0 Å². The molecule has 0 aromatic rings. The summed E-state index contributed by atoms with van der Waals surface area (Å²) in [5, 5.41) is 2.93. The molecule has 0 saturated heterocycles. The maximum atomic E-state index is 12.0. The summed E-state index contributed by atoms with van der Waals surface area (Å²) >= 11 is 0. The van der Waals surface area contributed by atoms with Crippen LogP contribution in [0.5, 0.6) is 0 Å². The molecule has 0 radical (unpaired) electrons. The first-order chi connectivity index (χ1) is 43.3. The Labute approximate surface area is 524 Å². The Morgan fingerprint density at radius 3 is 0.506 bits per heavy atom. The lowest BCUT2D eigenvalue weighted by molar-refractivity contribution is -0.121. The van der Waals surface area contributed by atoms with E-state index in [2.05, 4.69) is 19.2 Å². The fourth-order valence-electron chi connectivity index (χ4n) is 7.21. The summed E-state index contributed by atoms with van der Waals surface area (Å²) in [5.41, 5.74) is 0. The molecule has 522 valence electrons. The Balaban J connectivity index is 3.11. The van der Waals surface area contributed by atoms with Gasteiger partial charge in [0.15, 0.2) is 0 Å². The second-order valence-electron chi connectivity index (χ2n) is 19.4. The van der Waals surface area contributed by atoms with Crippen LogP contribution in [0.1, 0.15) is 90.9 Å². The zero-order chi connectivity index (χ0) is 62.3. The molecule has 0 rings (SSSR count). The van der Waals surface area contributed by atoms with E-state index in [0.29, 0.717) is 310 Å². The number of nitrogens with one attached hydrogen (secondary N) is 1. The monoisotopic (exact) mass is 1270 g/mol. The molecule has 25 nitrogen and oxygen atoms in total. The van der Waals surface area contributed by atoms with Gasteiger partial charge in [0.05, 0.1) is 297 Å². The molecule has 0 fully saturated rings. The van der Waals surface area contributed by atoms with E-state index >= 15 is 0 Å².